The van der Waals surface area contributed by atoms with Gasteiger partial charge in [-0.1, -0.05) is 13.8 Å². The van der Waals surface area contributed by atoms with Gasteiger partial charge in [0.25, 0.3) is 0 Å². The van der Waals surface area contributed by atoms with Gasteiger partial charge in [-0.25, -0.2) is 4.98 Å². The lowest BCUT2D eigenvalue weighted by atomic mass is 10.1. The number of rotatable bonds is 5. The van der Waals surface area contributed by atoms with E-state index in [0.717, 1.165) is 18.3 Å². The molecular weight excluding hydrogens is 200 g/mol. The summed E-state index contributed by atoms with van der Waals surface area (Å²) in [6, 6.07) is 2.63. The first-order valence-corrected chi connectivity index (χ1v) is 6.02. The maximum atomic E-state index is 5.62. The molecule has 1 aromatic rings. The van der Waals surface area contributed by atoms with Crippen LogP contribution in [0.5, 0.6) is 0 Å². The number of nitrogens with two attached hydrogens (primary N) is 1. The lowest BCUT2D eigenvalue weighted by Gasteiger charge is -2.24. The summed E-state index contributed by atoms with van der Waals surface area (Å²) < 4.78 is 0. The molecule has 0 bridgehead atoms. The Hall–Kier alpha value is -1.32. The van der Waals surface area contributed by atoms with Crippen LogP contribution in [0.15, 0.2) is 12.3 Å². The second-order valence-electron chi connectivity index (χ2n) is 4.88. The molecule has 0 radical (unpaired) electrons. The van der Waals surface area contributed by atoms with Crippen molar-refractivity contribution >= 4 is 11.8 Å². The minimum Gasteiger partial charge on any atom is -0.368 e. The van der Waals surface area contributed by atoms with E-state index in [0.29, 0.717) is 12.0 Å². The van der Waals surface area contributed by atoms with Gasteiger partial charge < -0.3 is 10.6 Å². The molecule has 0 aliphatic heterocycles. The zero-order valence-electron chi connectivity index (χ0n) is 10.1. The number of hydrogen-bond donors (Lipinski definition) is 1. The van der Waals surface area contributed by atoms with Gasteiger partial charge in [-0.15, -0.1) is 0 Å². The largest absolute Gasteiger partial charge is 0.368 e. The Kier molecular flexibility index (Phi) is 3.27. The third-order valence-corrected chi connectivity index (χ3v) is 2.89. The summed E-state index contributed by atoms with van der Waals surface area (Å²) in [7, 11) is 0. The summed E-state index contributed by atoms with van der Waals surface area (Å²) in [5.41, 5.74) is 5.62. The SMILES string of the molecule is CC(C)CCN(c1ccnc(N)n1)C1CC1. The van der Waals surface area contributed by atoms with E-state index in [2.05, 4.69) is 28.7 Å². The number of nitrogens with zero attached hydrogens (tertiary/aromatic N) is 3. The molecule has 0 aromatic carbocycles. The average Bonchev–Trinajstić information content (AvgIpc) is 3.02. The summed E-state index contributed by atoms with van der Waals surface area (Å²) in [5, 5.41) is 0. The lowest BCUT2D eigenvalue weighted by molar-refractivity contribution is 0.568. The predicted octanol–water partition coefficient (Wildman–Crippen LogP) is 2.07. The smallest absolute Gasteiger partial charge is 0.221 e. The first-order chi connectivity index (χ1) is 7.66. The molecule has 0 atom stereocenters. The Morgan fingerprint density at radius 1 is 1.50 bits per heavy atom. The van der Waals surface area contributed by atoms with E-state index < -0.39 is 0 Å². The van der Waals surface area contributed by atoms with E-state index in [1.54, 1.807) is 6.20 Å². The highest BCUT2D eigenvalue weighted by Gasteiger charge is 2.29. The highest BCUT2D eigenvalue weighted by atomic mass is 15.2. The van der Waals surface area contributed by atoms with Crippen LogP contribution in [0.1, 0.15) is 33.1 Å². The molecule has 1 aliphatic carbocycles. The highest BCUT2D eigenvalue weighted by molar-refractivity contribution is 5.43. The summed E-state index contributed by atoms with van der Waals surface area (Å²) >= 11 is 0. The third-order valence-electron chi connectivity index (χ3n) is 2.89. The molecule has 1 saturated carbocycles. The van der Waals surface area contributed by atoms with Gasteiger partial charge in [0.1, 0.15) is 5.82 Å². The van der Waals surface area contributed by atoms with Gasteiger partial charge in [-0.3, -0.25) is 0 Å². The molecule has 1 fully saturated rings. The zero-order chi connectivity index (χ0) is 11.5. The maximum Gasteiger partial charge on any atom is 0.221 e. The number of aromatic nitrogens is 2. The van der Waals surface area contributed by atoms with Crippen LogP contribution < -0.4 is 10.6 Å². The minimum absolute atomic E-state index is 0.368. The van der Waals surface area contributed by atoms with Crippen LogP contribution in [0.4, 0.5) is 11.8 Å². The Morgan fingerprint density at radius 2 is 2.25 bits per heavy atom. The molecule has 0 saturated heterocycles. The minimum atomic E-state index is 0.368. The van der Waals surface area contributed by atoms with E-state index in [1.807, 2.05) is 6.07 Å². The summed E-state index contributed by atoms with van der Waals surface area (Å²) in [6.45, 7) is 5.57. The van der Waals surface area contributed by atoms with Gasteiger partial charge in [0.15, 0.2) is 0 Å². The molecule has 0 spiro atoms. The summed E-state index contributed by atoms with van der Waals surface area (Å²) in [5.74, 6) is 2.07. The molecule has 1 aliphatic rings. The van der Waals surface area contributed by atoms with Gasteiger partial charge >= 0.3 is 0 Å². The fraction of sp³-hybridized carbons (Fsp3) is 0.667. The van der Waals surface area contributed by atoms with Crippen molar-refractivity contribution in [3.63, 3.8) is 0 Å². The standard InChI is InChI=1S/C12H20N4/c1-9(2)6-8-16(10-3-4-10)11-5-7-14-12(13)15-11/h5,7,9-10H,3-4,6,8H2,1-2H3,(H2,13,14,15). The predicted molar refractivity (Wildman–Crippen MR) is 66.3 cm³/mol. The normalized spacial score (nSPS) is 15.4. The first-order valence-electron chi connectivity index (χ1n) is 6.02. The van der Waals surface area contributed by atoms with Gasteiger partial charge in [0.2, 0.25) is 5.95 Å². The van der Waals surface area contributed by atoms with Crippen LogP contribution in [0.3, 0.4) is 0 Å². The van der Waals surface area contributed by atoms with E-state index in [4.69, 9.17) is 5.73 Å². The number of anilines is 2. The van der Waals surface area contributed by atoms with Crippen LogP contribution in [0.2, 0.25) is 0 Å². The Labute approximate surface area is 96.9 Å². The van der Waals surface area contributed by atoms with Gasteiger partial charge in [-0.05, 0) is 31.2 Å². The van der Waals surface area contributed by atoms with Crippen molar-refractivity contribution in [3.05, 3.63) is 12.3 Å². The van der Waals surface area contributed by atoms with Crippen molar-refractivity contribution in [1.82, 2.24) is 9.97 Å². The van der Waals surface area contributed by atoms with Crippen LogP contribution >= 0.6 is 0 Å². The molecule has 1 aromatic heterocycles. The second kappa shape index (κ2) is 4.68. The van der Waals surface area contributed by atoms with Crippen molar-refractivity contribution in [2.75, 3.05) is 17.2 Å². The Balaban J connectivity index is 2.06. The Bertz CT molecular complexity index is 347. The van der Waals surface area contributed by atoms with Crippen LogP contribution in [0, 0.1) is 5.92 Å². The molecular formula is C12H20N4. The molecule has 1 heterocycles. The Morgan fingerprint density at radius 3 is 2.81 bits per heavy atom. The van der Waals surface area contributed by atoms with Gasteiger partial charge in [0.05, 0.1) is 0 Å². The van der Waals surface area contributed by atoms with Crippen molar-refractivity contribution < 1.29 is 0 Å². The molecule has 0 unspecified atom stereocenters. The number of nitrogen functional groups attached to an aromatic ring is 1. The second-order valence-corrected chi connectivity index (χ2v) is 4.88. The average molecular weight is 220 g/mol. The molecule has 16 heavy (non-hydrogen) atoms. The van der Waals surface area contributed by atoms with Crippen LogP contribution in [-0.4, -0.2) is 22.6 Å². The molecule has 2 N–H and O–H groups in total. The fourth-order valence-corrected chi connectivity index (χ4v) is 1.79. The van der Waals surface area contributed by atoms with E-state index >= 15 is 0 Å². The molecule has 0 amide bonds. The molecule has 4 heteroatoms. The van der Waals surface area contributed by atoms with Gasteiger partial charge in [-0.2, -0.15) is 4.98 Å². The molecule has 4 nitrogen and oxygen atoms in total. The third kappa shape index (κ3) is 2.84. The highest BCUT2D eigenvalue weighted by Crippen LogP contribution is 2.31. The molecule has 2 rings (SSSR count). The maximum absolute atomic E-state index is 5.62. The van der Waals surface area contributed by atoms with Crippen LogP contribution in [0.25, 0.3) is 0 Å². The van der Waals surface area contributed by atoms with Gasteiger partial charge in [0, 0.05) is 18.8 Å². The van der Waals surface area contributed by atoms with Crippen molar-refractivity contribution in [3.8, 4) is 0 Å². The lowest BCUT2D eigenvalue weighted by Crippen LogP contribution is -2.28. The van der Waals surface area contributed by atoms with Crippen LogP contribution in [-0.2, 0) is 0 Å². The quantitative estimate of drug-likeness (QED) is 0.825. The first kappa shape index (κ1) is 11.2. The monoisotopic (exact) mass is 220 g/mol. The zero-order valence-corrected chi connectivity index (χ0v) is 10.1. The molecule has 88 valence electrons. The number of hydrogen-bond acceptors (Lipinski definition) is 4. The van der Waals surface area contributed by atoms with E-state index in [9.17, 15) is 0 Å². The summed E-state index contributed by atoms with van der Waals surface area (Å²) in [6.07, 6.45) is 5.49. The van der Waals surface area contributed by atoms with Crippen molar-refractivity contribution in [1.29, 1.82) is 0 Å². The summed E-state index contributed by atoms with van der Waals surface area (Å²) in [4.78, 5) is 10.6. The fourth-order valence-electron chi connectivity index (χ4n) is 1.79. The van der Waals surface area contributed by atoms with Crippen molar-refractivity contribution in [2.24, 2.45) is 5.92 Å². The van der Waals surface area contributed by atoms with Crippen molar-refractivity contribution in [2.45, 2.75) is 39.2 Å². The van der Waals surface area contributed by atoms with E-state index in [-0.39, 0.29) is 0 Å². The topological polar surface area (TPSA) is 55.0 Å². The van der Waals surface area contributed by atoms with E-state index in [1.165, 1.54) is 19.3 Å².